The lowest BCUT2D eigenvalue weighted by molar-refractivity contribution is 0.0980. The van der Waals surface area contributed by atoms with Crippen LogP contribution in [0.4, 0.5) is 5.13 Å². The maximum absolute atomic E-state index is 13.3. The van der Waals surface area contributed by atoms with Gasteiger partial charge in [0.2, 0.25) is 0 Å². The number of carbonyl (C=O) groups is 1. The molecular formula is C20H28ClN5O2S. The van der Waals surface area contributed by atoms with Crippen LogP contribution in [-0.4, -0.2) is 59.9 Å². The van der Waals surface area contributed by atoms with Crippen molar-refractivity contribution in [3.05, 3.63) is 35.2 Å². The van der Waals surface area contributed by atoms with E-state index >= 15 is 0 Å². The summed E-state index contributed by atoms with van der Waals surface area (Å²) in [6.07, 6.45) is 0.844. The molecule has 1 aromatic carbocycles. The van der Waals surface area contributed by atoms with Gasteiger partial charge in [0.25, 0.3) is 5.91 Å². The van der Waals surface area contributed by atoms with Gasteiger partial charge in [-0.2, -0.15) is 5.10 Å². The molecule has 0 saturated heterocycles. The lowest BCUT2D eigenvalue weighted by atomic mass is 10.2. The van der Waals surface area contributed by atoms with Gasteiger partial charge in [-0.05, 0) is 58.6 Å². The fraction of sp³-hybridized carbons (Fsp3) is 0.450. The largest absolute Gasteiger partial charge is 0.494 e. The van der Waals surface area contributed by atoms with Gasteiger partial charge in [-0.25, -0.2) is 4.98 Å². The molecule has 0 radical (unpaired) electrons. The van der Waals surface area contributed by atoms with Crippen LogP contribution in [0, 0.1) is 13.8 Å². The van der Waals surface area contributed by atoms with Crippen LogP contribution in [0.15, 0.2) is 18.2 Å². The Morgan fingerprint density at radius 2 is 1.97 bits per heavy atom. The van der Waals surface area contributed by atoms with Gasteiger partial charge in [-0.15, -0.1) is 12.4 Å². The van der Waals surface area contributed by atoms with Crippen molar-refractivity contribution in [2.24, 2.45) is 7.05 Å². The number of halogens is 1. The van der Waals surface area contributed by atoms with Crippen LogP contribution in [0.2, 0.25) is 0 Å². The van der Waals surface area contributed by atoms with Crippen molar-refractivity contribution in [3.63, 3.8) is 0 Å². The Labute approximate surface area is 181 Å². The van der Waals surface area contributed by atoms with E-state index < -0.39 is 0 Å². The Balaban J connectivity index is 0.00000300. The summed E-state index contributed by atoms with van der Waals surface area (Å²) in [5.41, 5.74) is 3.30. The number of fused-ring (bicyclic) bond motifs is 1. The highest BCUT2D eigenvalue weighted by atomic mass is 35.5. The van der Waals surface area contributed by atoms with E-state index in [-0.39, 0.29) is 18.3 Å². The first kappa shape index (κ1) is 23.1. The van der Waals surface area contributed by atoms with E-state index in [0.29, 0.717) is 17.4 Å². The molecule has 0 aliphatic heterocycles. The normalized spacial score (nSPS) is 11.0. The minimum Gasteiger partial charge on any atom is -0.494 e. The maximum Gasteiger partial charge on any atom is 0.280 e. The molecule has 0 unspecified atom stereocenters. The molecule has 0 spiro atoms. The average Bonchev–Trinajstić information content (AvgIpc) is 3.23. The summed E-state index contributed by atoms with van der Waals surface area (Å²) in [7, 11) is 7.54. The van der Waals surface area contributed by atoms with Crippen molar-refractivity contribution in [3.8, 4) is 5.75 Å². The Hall–Kier alpha value is -2.16. The van der Waals surface area contributed by atoms with Crippen LogP contribution >= 0.6 is 23.7 Å². The summed E-state index contributed by atoms with van der Waals surface area (Å²) in [6, 6.07) is 5.76. The molecule has 0 aliphatic rings. The summed E-state index contributed by atoms with van der Waals surface area (Å²) in [6.45, 7) is 5.45. The first-order valence-electron chi connectivity index (χ1n) is 9.23. The molecule has 0 saturated carbocycles. The Kier molecular flexibility index (Phi) is 7.62. The molecular weight excluding hydrogens is 410 g/mol. The van der Waals surface area contributed by atoms with Crippen LogP contribution < -0.4 is 9.64 Å². The molecule has 9 heteroatoms. The number of aromatic nitrogens is 3. The second-order valence-corrected chi connectivity index (χ2v) is 8.14. The van der Waals surface area contributed by atoms with Crippen LogP contribution in [-0.2, 0) is 7.05 Å². The zero-order valence-electron chi connectivity index (χ0n) is 17.7. The molecule has 1 amide bonds. The van der Waals surface area contributed by atoms with Gasteiger partial charge in [0.15, 0.2) is 10.8 Å². The summed E-state index contributed by atoms with van der Waals surface area (Å²) in [5, 5.41) is 5.05. The summed E-state index contributed by atoms with van der Waals surface area (Å²) in [4.78, 5) is 21.9. The fourth-order valence-electron chi connectivity index (χ4n) is 3.01. The number of nitrogens with zero attached hydrogens (tertiary/aromatic N) is 5. The number of amides is 1. The van der Waals surface area contributed by atoms with Gasteiger partial charge in [0.1, 0.15) is 11.3 Å². The monoisotopic (exact) mass is 437 g/mol. The predicted octanol–water partition coefficient (Wildman–Crippen LogP) is 3.68. The minimum absolute atomic E-state index is 0. The van der Waals surface area contributed by atoms with Crippen LogP contribution in [0.3, 0.4) is 0 Å². The van der Waals surface area contributed by atoms with Crippen LogP contribution in [0.1, 0.15) is 28.2 Å². The molecule has 0 atom stereocenters. The van der Waals surface area contributed by atoms with E-state index in [1.807, 2.05) is 53.2 Å². The van der Waals surface area contributed by atoms with E-state index in [2.05, 4.69) is 10.00 Å². The van der Waals surface area contributed by atoms with Crippen molar-refractivity contribution >= 4 is 45.0 Å². The number of thiazole rings is 1. The summed E-state index contributed by atoms with van der Waals surface area (Å²) in [5.74, 6) is 0.593. The second kappa shape index (κ2) is 9.56. The van der Waals surface area contributed by atoms with Crippen LogP contribution in [0.5, 0.6) is 5.75 Å². The first-order chi connectivity index (χ1) is 13.3. The van der Waals surface area contributed by atoms with E-state index in [4.69, 9.17) is 9.72 Å². The second-order valence-electron chi connectivity index (χ2n) is 7.17. The SMILES string of the molecule is COc1ccc(C)c2sc(N(CCCN(C)C)C(=O)c3cc(C)n(C)n3)nc12.Cl. The van der Waals surface area contributed by atoms with Gasteiger partial charge in [0, 0.05) is 19.3 Å². The molecule has 0 aliphatic carbocycles. The van der Waals surface area contributed by atoms with Crippen molar-refractivity contribution in [2.75, 3.05) is 39.2 Å². The summed E-state index contributed by atoms with van der Waals surface area (Å²) >= 11 is 1.52. The first-order valence-corrected chi connectivity index (χ1v) is 10.0. The highest BCUT2D eigenvalue weighted by molar-refractivity contribution is 7.22. The quantitative estimate of drug-likeness (QED) is 0.564. The van der Waals surface area contributed by atoms with Crippen molar-refractivity contribution in [1.29, 1.82) is 0 Å². The smallest absolute Gasteiger partial charge is 0.280 e. The molecule has 3 aromatic rings. The molecule has 0 fully saturated rings. The third kappa shape index (κ3) is 4.88. The molecule has 0 bridgehead atoms. The lowest BCUT2D eigenvalue weighted by Crippen LogP contribution is -2.33. The number of hydrogen-bond acceptors (Lipinski definition) is 6. The number of carbonyl (C=O) groups excluding carboxylic acids is 1. The number of methoxy groups -OCH3 is 1. The molecule has 7 nitrogen and oxygen atoms in total. The molecule has 0 N–H and O–H groups in total. The van der Waals surface area contributed by atoms with Crippen molar-refractivity contribution in [2.45, 2.75) is 20.3 Å². The third-order valence-corrected chi connectivity index (χ3v) is 5.92. The van der Waals surface area contributed by atoms with E-state index in [0.717, 1.165) is 40.2 Å². The molecule has 2 heterocycles. The predicted molar refractivity (Wildman–Crippen MR) is 121 cm³/mol. The number of aryl methyl sites for hydroxylation is 3. The number of ether oxygens (including phenoxy) is 1. The number of hydrogen-bond donors (Lipinski definition) is 0. The zero-order chi connectivity index (χ0) is 20.4. The van der Waals surface area contributed by atoms with Gasteiger partial charge in [-0.3, -0.25) is 14.4 Å². The lowest BCUT2D eigenvalue weighted by Gasteiger charge is -2.20. The zero-order valence-corrected chi connectivity index (χ0v) is 19.4. The highest BCUT2D eigenvalue weighted by Gasteiger charge is 2.24. The van der Waals surface area contributed by atoms with Gasteiger partial charge in [-0.1, -0.05) is 17.4 Å². The van der Waals surface area contributed by atoms with Gasteiger partial charge in [0.05, 0.1) is 11.8 Å². The van der Waals surface area contributed by atoms with Crippen LogP contribution in [0.25, 0.3) is 10.2 Å². The van der Waals surface area contributed by atoms with Gasteiger partial charge < -0.3 is 9.64 Å². The summed E-state index contributed by atoms with van der Waals surface area (Å²) < 4.78 is 8.23. The average molecular weight is 438 g/mol. The highest BCUT2D eigenvalue weighted by Crippen LogP contribution is 2.36. The third-order valence-electron chi connectivity index (χ3n) is 4.71. The minimum atomic E-state index is -0.127. The number of benzene rings is 1. The van der Waals surface area contributed by atoms with Crippen molar-refractivity contribution < 1.29 is 9.53 Å². The fourth-order valence-corrected chi connectivity index (χ4v) is 4.09. The Morgan fingerprint density at radius 3 is 2.55 bits per heavy atom. The van der Waals surface area contributed by atoms with E-state index in [1.165, 1.54) is 11.3 Å². The molecule has 29 heavy (non-hydrogen) atoms. The molecule has 2 aromatic heterocycles. The molecule has 3 rings (SSSR count). The number of rotatable bonds is 7. The standard InChI is InChI=1S/C20H27N5O2S.ClH/c1-13-8-9-16(27-6)17-18(13)28-20(21-17)25(11-7-10-23(3)4)19(26)15-12-14(2)24(5)22-15;/h8-9,12H,7,10-11H2,1-6H3;1H. The maximum atomic E-state index is 13.3. The van der Waals surface area contributed by atoms with E-state index in [9.17, 15) is 4.79 Å². The topological polar surface area (TPSA) is 63.5 Å². The number of anilines is 1. The molecule has 158 valence electrons. The van der Waals surface area contributed by atoms with E-state index in [1.54, 1.807) is 16.7 Å². The Morgan fingerprint density at radius 1 is 1.24 bits per heavy atom. The van der Waals surface area contributed by atoms with Crippen molar-refractivity contribution in [1.82, 2.24) is 19.7 Å². The Bertz CT molecular complexity index is 979. The van der Waals surface area contributed by atoms with Gasteiger partial charge >= 0.3 is 0 Å².